The zero-order chi connectivity index (χ0) is 16.4. The van der Waals surface area contributed by atoms with E-state index in [2.05, 4.69) is 10.0 Å². The summed E-state index contributed by atoms with van der Waals surface area (Å²) in [5, 5.41) is 3.55. The van der Waals surface area contributed by atoms with E-state index in [0.29, 0.717) is 11.3 Å². The Bertz CT molecular complexity index is 801. The molecule has 2 aromatic rings. The second-order valence-electron chi connectivity index (χ2n) is 4.86. The van der Waals surface area contributed by atoms with Crippen molar-refractivity contribution in [2.24, 2.45) is 5.11 Å². The quantitative estimate of drug-likeness (QED) is 0.471. The van der Waals surface area contributed by atoms with Gasteiger partial charge in [0.25, 0.3) is 0 Å². The smallest absolute Gasteiger partial charge is 0.415 e. The monoisotopic (exact) mass is 316 g/mol. The van der Waals surface area contributed by atoms with Crippen molar-refractivity contribution >= 4 is 17.5 Å². The van der Waals surface area contributed by atoms with Gasteiger partial charge in [0.05, 0.1) is 12.2 Å². The van der Waals surface area contributed by atoms with Gasteiger partial charge in [0.2, 0.25) is 0 Å². The number of anilines is 1. The maximum Gasteiger partial charge on any atom is 0.415 e. The van der Waals surface area contributed by atoms with Crippen LogP contribution in [-0.2, 0) is 4.74 Å². The number of halogens is 2. The van der Waals surface area contributed by atoms with Crippen LogP contribution in [0.15, 0.2) is 47.6 Å². The molecule has 0 radical (unpaired) electrons. The second-order valence-corrected chi connectivity index (χ2v) is 4.86. The van der Waals surface area contributed by atoms with Crippen molar-refractivity contribution in [3.63, 3.8) is 0 Å². The minimum Gasteiger partial charge on any atom is -0.439 e. The van der Waals surface area contributed by atoms with Gasteiger partial charge < -0.3 is 4.74 Å². The number of hydrogen-bond acceptors (Lipinski definition) is 3. The van der Waals surface area contributed by atoms with Gasteiger partial charge in [-0.15, -0.1) is 0 Å². The van der Waals surface area contributed by atoms with Gasteiger partial charge in [0.1, 0.15) is 17.7 Å². The maximum absolute atomic E-state index is 13.3. The molecule has 3 rings (SSSR count). The maximum atomic E-state index is 13.3. The van der Waals surface area contributed by atoms with Crippen molar-refractivity contribution in [1.82, 2.24) is 0 Å². The normalized spacial score (nSPS) is 16.9. The molecule has 0 unspecified atom stereocenters. The Hall–Kier alpha value is -3.12. The number of ether oxygens (including phenoxy) is 1. The Labute approximate surface area is 129 Å². The molecule has 0 saturated carbocycles. The van der Waals surface area contributed by atoms with Crippen LogP contribution in [0, 0.1) is 11.6 Å². The molecule has 1 saturated heterocycles. The minimum absolute atomic E-state index is 0.0552. The van der Waals surface area contributed by atoms with Gasteiger partial charge in [-0.2, -0.15) is 0 Å². The lowest BCUT2D eigenvalue weighted by molar-refractivity contribution is 0.142. The lowest BCUT2D eigenvalue weighted by Crippen LogP contribution is -2.23. The van der Waals surface area contributed by atoms with Crippen LogP contribution in [0.5, 0.6) is 0 Å². The first kappa shape index (κ1) is 14.8. The van der Waals surface area contributed by atoms with Crippen LogP contribution in [0.2, 0.25) is 0 Å². The molecule has 2 aromatic carbocycles. The molecule has 1 heterocycles. The molecule has 0 spiro atoms. The van der Waals surface area contributed by atoms with Crippen molar-refractivity contribution in [1.29, 1.82) is 0 Å². The predicted molar refractivity (Wildman–Crippen MR) is 78.2 cm³/mol. The molecule has 116 valence electrons. The van der Waals surface area contributed by atoms with Crippen LogP contribution in [0.25, 0.3) is 10.4 Å². The van der Waals surface area contributed by atoms with Gasteiger partial charge in [-0.05, 0) is 17.7 Å². The lowest BCUT2D eigenvalue weighted by atomic mass is 10.1. The molecule has 0 N–H and O–H groups in total. The highest BCUT2D eigenvalue weighted by molar-refractivity contribution is 5.90. The standard InChI is InChI=1S/C15H10F2N4O2/c16-9-5-10(17)7-11(6-9)21-8-14(23-15(21)22)12-3-1-2-4-13(12)19-20-18/h1-7,14H,8H2/t14-/m0/s1. The molecular formula is C15H10F2N4O2. The first-order valence-corrected chi connectivity index (χ1v) is 6.67. The summed E-state index contributed by atoms with van der Waals surface area (Å²) in [4.78, 5) is 15.9. The van der Waals surface area contributed by atoms with Crippen LogP contribution >= 0.6 is 0 Å². The molecule has 1 aliphatic rings. The molecule has 1 amide bonds. The van der Waals surface area contributed by atoms with E-state index in [1.54, 1.807) is 24.3 Å². The third kappa shape index (κ3) is 2.93. The Morgan fingerprint density at radius 3 is 2.61 bits per heavy atom. The van der Waals surface area contributed by atoms with Crippen molar-refractivity contribution in [3.8, 4) is 0 Å². The van der Waals surface area contributed by atoms with Crippen LogP contribution in [0.4, 0.5) is 25.0 Å². The average Bonchev–Trinajstić information content (AvgIpc) is 2.89. The molecule has 8 heteroatoms. The Kier molecular flexibility index (Phi) is 3.82. The van der Waals surface area contributed by atoms with Gasteiger partial charge in [-0.1, -0.05) is 29.4 Å². The number of carbonyl (C=O) groups excluding carboxylic acids is 1. The van der Waals surface area contributed by atoms with E-state index in [4.69, 9.17) is 10.3 Å². The fourth-order valence-corrected chi connectivity index (χ4v) is 2.43. The van der Waals surface area contributed by atoms with Gasteiger partial charge in [-0.3, -0.25) is 4.90 Å². The second kappa shape index (κ2) is 5.94. The largest absolute Gasteiger partial charge is 0.439 e. The number of azide groups is 1. The summed E-state index contributed by atoms with van der Waals surface area (Å²) in [6, 6.07) is 9.47. The summed E-state index contributed by atoms with van der Waals surface area (Å²) >= 11 is 0. The topological polar surface area (TPSA) is 78.3 Å². The number of carbonyl (C=O) groups is 1. The Morgan fingerprint density at radius 2 is 1.91 bits per heavy atom. The van der Waals surface area contributed by atoms with E-state index in [1.165, 1.54) is 0 Å². The van der Waals surface area contributed by atoms with E-state index in [1.807, 2.05) is 0 Å². The van der Waals surface area contributed by atoms with Crippen LogP contribution in [0.3, 0.4) is 0 Å². The number of amides is 1. The van der Waals surface area contributed by atoms with Crippen molar-refractivity contribution in [2.45, 2.75) is 6.10 Å². The first-order chi connectivity index (χ1) is 11.1. The third-order valence-electron chi connectivity index (χ3n) is 3.41. The van der Waals surface area contributed by atoms with Crippen LogP contribution in [0.1, 0.15) is 11.7 Å². The minimum atomic E-state index is -0.786. The van der Waals surface area contributed by atoms with E-state index < -0.39 is 23.8 Å². The van der Waals surface area contributed by atoms with Crippen molar-refractivity contribution in [3.05, 3.63) is 70.1 Å². The van der Waals surface area contributed by atoms with Gasteiger partial charge in [0, 0.05) is 22.2 Å². The molecule has 1 atom stereocenters. The number of hydrogen-bond donors (Lipinski definition) is 0. The summed E-state index contributed by atoms with van der Waals surface area (Å²) in [6.45, 7) is 0.0552. The fraction of sp³-hybridized carbons (Fsp3) is 0.133. The van der Waals surface area contributed by atoms with Crippen molar-refractivity contribution < 1.29 is 18.3 Å². The van der Waals surface area contributed by atoms with Crippen LogP contribution in [-0.4, -0.2) is 12.6 Å². The zero-order valence-electron chi connectivity index (χ0n) is 11.7. The number of benzene rings is 2. The van der Waals surface area contributed by atoms with Crippen molar-refractivity contribution in [2.75, 3.05) is 11.4 Å². The van der Waals surface area contributed by atoms with Gasteiger partial charge in [0.15, 0.2) is 0 Å². The first-order valence-electron chi connectivity index (χ1n) is 6.67. The van der Waals surface area contributed by atoms with Gasteiger partial charge in [-0.25, -0.2) is 13.6 Å². The van der Waals surface area contributed by atoms with E-state index in [-0.39, 0.29) is 12.2 Å². The number of cyclic esters (lactones) is 1. The molecule has 0 aliphatic carbocycles. The molecule has 6 nitrogen and oxygen atoms in total. The molecular weight excluding hydrogens is 306 g/mol. The molecule has 0 aromatic heterocycles. The fourth-order valence-electron chi connectivity index (χ4n) is 2.43. The van der Waals surface area contributed by atoms with E-state index in [9.17, 15) is 13.6 Å². The highest BCUT2D eigenvalue weighted by atomic mass is 19.1. The zero-order valence-corrected chi connectivity index (χ0v) is 11.7. The average molecular weight is 316 g/mol. The third-order valence-corrected chi connectivity index (χ3v) is 3.41. The summed E-state index contributed by atoms with van der Waals surface area (Å²) in [5.41, 5.74) is 9.51. The molecule has 1 aliphatic heterocycles. The van der Waals surface area contributed by atoms with Gasteiger partial charge >= 0.3 is 6.09 Å². The summed E-state index contributed by atoms with van der Waals surface area (Å²) in [6.07, 6.45) is -1.42. The Morgan fingerprint density at radius 1 is 1.22 bits per heavy atom. The predicted octanol–water partition coefficient (Wildman–Crippen LogP) is 4.60. The SMILES string of the molecule is [N-]=[N+]=Nc1ccccc1[C@@H]1CN(c2cc(F)cc(F)c2)C(=O)O1. The summed E-state index contributed by atoms with van der Waals surface area (Å²) in [5.74, 6) is -1.57. The highest BCUT2D eigenvalue weighted by Gasteiger charge is 2.34. The highest BCUT2D eigenvalue weighted by Crippen LogP contribution is 2.35. The van der Waals surface area contributed by atoms with E-state index >= 15 is 0 Å². The van der Waals surface area contributed by atoms with E-state index in [0.717, 1.165) is 23.1 Å². The molecule has 0 bridgehead atoms. The Balaban J connectivity index is 1.92. The number of nitrogens with zero attached hydrogens (tertiary/aromatic N) is 4. The summed E-state index contributed by atoms with van der Waals surface area (Å²) < 4.78 is 31.9. The van der Waals surface area contributed by atoms with Crippen LogP contribution < -0.4 is 4.90 Å². The number of rotatable bonds is 3. The molecule has 23 heavy (non-hydrogen) atoms. The summed E-state index contributed by atoms with van der Waals surface area (Å²) in [7, 11) is 0. The molecule has 1 fully saturated rings. The lowest BCUT2D eigenvalue weighted by Gasteiger charge is -2.13.